The molecule has 3 aliphatic rings. The Balaban J connectivity index is 1.83. The maximum Gasteiger partial charge on any atom is 0.240 e. The zero-order valence-electron chi connectivity index (χ0n) is 12.2. The molecule has 3 unspecified atom stereocenters. The highest BCUT2D eigenvalue weighted by Gasteiger charge is 2.43. The molecule has 1 heterocycles. The van der Waals surface area contributed by atoms with Crippen molar-refractivity contribution in [2.45, 2.75) is 82.3 Å². The van der Waals surface area contributed by atoms with E-state index in [1.165, 1.54) is 57.8 Å². The van der Waals surface area contributed by atoms with Crippen LogP contribution in [0, 0.1) is 5.92 Å². The van der Waals surface area contributed by atoms with Gasteiger partial charge in [0.05, 0.1) is 6.04 Å². The van der Waals surface area contributed by atoms with Crippen LogP contribution < -0.4 is 5.32 Å². The molecule has 0 aromatic rings. The van der Waals surface area contributed by atoms with Crippen molar-refractivity contribution in [1.82, 2.24) is 10.2 Å². The molecule has 0 aromatic heterocycles. The zero-order chi connectivity index (χ0) is 13.2. The number of nitrogens with zero attached hydrogens (tertiary/aromatic N) is 1. The lowest BCUT2D eigenvalue weighted by atomic mass is 9.91. The third kappa shape index (κ3) is 2.54. The highest BCUT2D eigenvalue weighted by atomic mass is 16.2. The Morgan fingerprint density at radius 2 is 1.74 bits per heavy atom. The molecular weight excluding hydrogens is 236 g/mol. The molecule has 1 saturated heterocycles. The van der Waals surface area contributed by atoms with Crippen molar-refractivity contribution < 1.29 is 4.79 Å². The van der Waals surface area contributed by atoms with Gasteiger partial charge < -0.3 is 10.2 Å². The fourth-order valence-corrected chi connectivity index (χ4v) is 4.65. The van der Waals surface area contributed by atoms with E-state index in [0.717, 1.165) is 12.3 Å². The Labute approximate surface area is 117 Å². The van der Waals surface area contributed by atoms with Crippen molar-refractivity contribution in [2.75, 3.05) is 7.05 Å². The van der Waals surface area contributed by atoms with Crippen LogP contribution in [0.5, 0.6) is 0 Å². The van der Waals surface area contributed by atoms with Gasteiger partial charge in [0.15, 0.2) is 0 Å². The monoisotopic (exact) mass is 264 g/mol. The van der Waals surface area contributed by atoms with E-state index in [4.69, 9.17) is 0 Å². The van der Waals surface area contributed by atoms with Crippen LogP contribution in [-0.2, 0) is 4.79 Å². The predicted octanol–water partition coefficient (Wildman–Crippen LogP) is 2.70. The minimum atomic E-state index is 0.0764. The van der Waals surface area contributed by atoms with Gasteiger partial charge in [-0.2, -0.15) is 0 Å². The van der Waals surface area contributed by atoms with Crippen LogP contribution >= 0.6 is 0 Å². The van der Waals surface area contributed by atoms with E-state index in [1.54, 1.807) is 0 Å². The molecule has 3 rings (SSSR count). The third-order valence-electron chi connectivity index (χ3n) is 5.67. The van der Waals surface area contributed by atoms with E-state index in [0.29, 0.717) is 18.0 Å². The van der Waals surface area contributed by atoms with Gasteiger partial charge in [0.2, 0.25) is 5.91 Å². The molecule has 108 valence electrons. The topological polar surface area (TPSA) is 32.3 Å². The number of fused-ring (bicyclic) bond motifs is 1. The highest BCUT2D eigenvalue weighted by Crippen LogP contribution is 2.39. The van der Waals surface area contributed by atoms with Gasteiger partial charge in [0, 0.05) is 12.1 Å². The van der Waals surface area contributed by atoms with Crippen molar-refractivity contribution in [3.05, 3.63) is 0 Å². The smallest absolute Gasteiger partial charge is 0.240 e. The van der Waals surface area contributed by atoms with Crippen LogP contribution in [0.2, 0.25) is 0 Å². The first-order valence-corrected chi connectivity index (χ1v) is 8.30. The maximum atomic E-state index is 12.9. The molecule has 0 aromatic carbocycles. The molecule has 3 atom stereocenters. The Hall–Kier alpha value is -0.570. The first-order valence-electron chi connectivity index (χ1n) is 8.30. The summed E-state index contributed by atoms with van der Waals surface area (Å²) in [6, 6.07) is 1.18. The summed E-state index contributed by atoms with van der Waals surface area (Å²) in [5.41, 5.74) is 0. The predicted molar refractivity (Wildman–Crippen MR) is 76.9 cm³/mol. The summed E-state index contributed by atoms with van der Waals surface area (Å²) in [4.78, 5) is 15.2. The van der Waals surface area contributed by atoms with Crippen LogP contribution in [-0.4, -0.2) is 36.0 Å². The summed E-state index contributed by atoms with van der Waals surface area (Å²) in [5.74, 6) is 1.19. The summed E-state index contributed by atoms with van der Waals surface area (Å²) < 4.78 is 0. The van der Waals surface area contributed by atoms with Gasteiger partial charge in [-0.05, 0) is 51.5 Å². The number of amides is 1. The SMILES string of the molecule is CNC1CCC2CCCC2N(C2CCCCC2)C1=O. The van der Waals surface area contributed by atoms with Gasteiger partial charge in [-0.25, -0.2) is 0 Å². The van der Waals surface area contributed by atoms with Gasteiger partial charge in [-0.1, -0.05) is 25.7 Å². The van der Waals surface area contributed by atoms with Crippen molar-refractivity contribution >= 4 is 5.91 Å². The maximum absolute atomic E-state index is 12.9. The second-order valence-corrected chi connectivity index (χ2v) is 6.71. The first kappa shape index (κ1) is 13.4. The van der Waals surface area contributed by atoms with Crippen molar-refractivity contribution in [2.24, 2.45) is 5.92 Å². The largest absolute Gasteiger partial charge is 0.335 e. The van der Waals surface area contributed by atoms with Crippen LogP contribution in [0.4, 0.5) is 0 Å². The number of hydrogen-bond donors (Lipinski definition) is 1. The summed E-state index contributed by atoms with van der Waals surface area (Å²) >= 11 is 0. The Kier molecular flexibility index (Phi) is 4.11. The number of carbonyl (C=O) groups is 1. The lowest BCUT2D eigenvalue weighted by Gasteiger charge is -2.40. The van der Waals surface area contributed by atoms with Crippen molar-refractivity contribution in [1.29, 1.82) is 0 Å². The number of rotatable bonds is 2. The minimum Gasteiger partial charge on any atom is -0.335 e. The summed E-state index contributed by atoms with van der Waals surface area (Å²) in [6.45, 7) is 0. The van der Waals surface area contributed by atoms with E-state index in [9.17, 15) is 4.79 Å². The first-order chi connectivity index (χ1) is 9.31. The quantitative estimate of drug-likeness (QED) is 0.831. The Bertz CT molecular complexity index is 325. The third-order valence-corrected chi connectivity index (χ3v) is 5.67. The molecule has 0 bridgehead atoms. The van der Waals surface area contributed by atoms with Crippen molar-refractivity contribution in [3.63, 3.8) is 0 Å². The van der Waals surface area contributed by atoms with E-state index in [-0.39, 0.29) is 6.04 Å². The fraction of sp³-hybridized carbons (Fsp3) is 0.938. The molecule has 2 saturated carbocycles. The number of carbonyl (C=O) groups excluding carboxylic acids is 1. The van der Waals surface area contributed by atoms with E-state index in [2.05, 4.69) is 10.2 Å². The average Bonchev–Trinajstić information content (AvgIpc) is 2.84. The van der Waals surface area contributed by atoms with Crippen LogP contribution in [0.1, 0.15) is 64.2 Å². The second-order valence-electron chi connectivity index (χ2n) is 6.71. The molecule has 3 fully saturated rings. The summed E-state index contributed by atoms with van der Waals surface area (Å²) in [6.07, 6.45) is 12.7. The lowest BCUT2D eigenvalue weighted by Crippen LogP contribution is -2.53. The molecule has 19 heavy (non-hydrogen) atoms. The van der Waals surface area contributed by atoms with Gasteiger partial charge in [0.25, 0.3) is 0 Å². The second kappa shape index (κ2) is 5.82. The summed E-state index contributed by atoms with van der Waals surface area (Å²) in [5, 5.41) is 3.26. The number of likely N-dealkylation sites (N-methyl/N-ethyl adjacent to an activating group) is 1. The molecule has 1 aliphatic heterocycles. The fourth-order valence-electron chi connectivity index (χ4n) is 4.65. The normalized spacial score (nSPS) is 37.2. The number of hydrogen-bond acceptors (Lipinski definition) is 2. The van der Waals surface area contributed by atoms with E-state index in [1.807, 2.05) is 7.05 Å². The molecule has 0 radical (unpaired) electrons. The van der Waals surface area contributed by atoms with Crippen LogP contribution in [0.25, 0.3) is 0 Å². The van der Waals surface area contributed by atoms with Crippen LogP contribution in [0.15, 0.2) is 0 Å². The van der Waals surface area contributed by atoms with Gasteiger partial charge in [-0.15, -0.1) is 0 Å². The number of likely N-dealkylation sites (tertiary alicyclic amines) is 1. The van der Waals surface area contributed by atoms with Gasteiger partial charge in [-0.3, -0.25) is 4.79 Å². The van der Waals surface area contributed by atoms with E-state index < -0.39 is 0 Å². The van der Waals surface area contributed by atoms with Gasteiger partial charge >= 0.3 is 0 Å². The molecule has 3 heteroatoms. The highest BCUT2D eigenvalue weighted by molar-refractivity contribution is 5.83. The van der Waals surface area contributed by atoms with E-state index >= 15 is 0 Å². The molecule has 2 aliphatic carbocycles. The molecule has 0 spiro atoms. The minimum absolute atomic E-state index is 0.0764. The molecule has 1 N–H and O–H groups in total. The number of nitrogens with one attached hydrogen (secondary N) is 1. The van der Waals surface area contributed by atoms with Crippen LogP contribution in [0.3, 0.4) is 0 Å². The summed E-state index contributed by atoms with van der Waals surface area (Å²) in [7, 11) is 1.95. The zero-order valence-corrected chi connectivity index (χ0v) is 12.2. The van der Waals surface area contributed by atoms with Gasteiger partial charge in [0.1, 0.15) is 0 Å². The average molecular weight is 264 g/mol. The Morgan fingerprint density at radius 1 is 0.947 bits per heavy atom. The Morgan fingerprint density at radius 3 is 2.47 bits per heavy atom. The molecule has 1 amide bonds. The molecular formula is C16H28N2O. The van der Waals surface area contributed by atoms with Crippen molar-refractivity contribution in [3.8, 4) is 0 Å². The standard InChI is InChI=1S/C16H28N2O/c1-17-14-11-10-12-6-5-9-15(12)18(16(14)19)13-7-3-2-4-8-13/h12-15,17H,2-11H2,1H3. The lowest BCUT2D eigenvalue weighted by molar-refractivity contribution is -0.138. The molecule has 3 nitrogen and oxygen atoms in total.